The summed E-state index contributed by atoms with van der Waals surface area (Å²) in [5.74, 6) is -1.26. The molecular formula is C15H25NO5SSi. The molecule has 0 aromatic heterocycles. The summed E-state index contributed by atoms with van der Waals surface area (Å²) >= 11 is 0. The lowest BCUT2D eigenvalue weighted by Gasteiger charge is -2.36. The molecular weight excluding hydrogens is 334 g/mol. The van der Waals surface area contributed by atoms with Gasteiger partial charge in [0.25, 0.3) is 0 Å². The predicted octanol–water partition coefficient (Wildman–Crippen LogP) is 2.44. The van der Waals surface area contributed by atoms with Crippen molar-refractivity contribution in [2.45, 2.75) is 49.8 Å². The van der Waals surface area contributed by atoms with Crippen LogP contribution in [0.5, 0.6) is 0 Å². The minimum Gasteiger partial charge on any atom is -0.480 e. The molecule has 0 saturated carbocycles. The molecule has 0 heterocycles. The number of carboxylic acids is 1. The van der Waals surface area contributed by atoms with Gasteiger partial charge in [0.05, 0.1) is 11.5 Å². The van der Waals surface area contributed by atoms with Crippen LogP contribution in [0.2, 0.25) is 18.1 Å². The van der Waals surface area contributed by atoms with Crippen LogP contribution in [0.1, 0.15) is 20.8 Å². The number of carbonyl (C=O) groups is 1. The molecule has 6 nitrogen and oxygen atoms in total. The highest BCUT2D eigenvalue weighted by Crippen LogP contribution is 2.36. The van der Waals surface area contributed by atoms with E-state index in [1.165, 1.54) is 12.1 Å². The van der Waals surface area contributed by atoms with E-state index in [0.29, 0.717) is 0 Å². The number of aliphatic carboxylic acids is 1. The van der Waals surface area contributed by atoms with E-state index in [4.69, 9.17) is 4.43 Å². The molecule has 8 heteroatoms. The molecule has 0 saturated heterocycles. The smallest absolute Gasteiger partial charge is 0.324 e. The van der Waals surface area contributed by atoms with E-state index in [1.807, 2.05) is 33.9 Å². The van der Waals surface area contributed by atoms with Crippen LogP contribution in [0.3, 0.4) is 0 Å². The Bertz CT molecular complexity index is 638. The third-order valence-corrected chi connectivity index (χ3v) is 10.1. The third-order valence-electron chi connectivity index (χ3n) is 4.07. The number of hydrogen-bond donors (Lipinski definition) is 2. The third kappa shape index (κ3) is 5.42. The zero-order chi connectivity index (χ0) is 17.9. The number of carboxylic acid groups (broad SMARTS) is 1. The Morgan fingerprint density at radius 3 is 2.22 bits per heavy atom. The topological polar surface area (TPSA) is 92.7 Å². The van der Waals surface area contributed by atoms with Gasteiger partial charge in [-0.05, 0) is 30.3 Å². The van der Waals surface area contributed by atoms with Crippen LogP contribution >= 0.6 is 0 Å². The van der Waals surface area contributed by atoms with Crippen molar-refractivity contribution in [1.82, 2.24) is 4.72 Å². The van der Waals surface area contributed by atoms with Crippen LogP contribution in [-0.4, -0.2) is 40.5 Å². The molecule has 0 radical (unpaired) electrons. The Hall–Kier alpha value is -1.22. The lowest BCUT2D eigenvalue weighted by molar-refractivity contribution is -0.139. The van der Waals surface area contributed by atoms with Gasteiger partial charge in [-0.3, -0.25) is 4.79 Å². The maximum absolute atomic E-state index is 12.2. The Kier molecular flexibility index (Phi) is 6.14. The van der Waals surface area contributed by atoms with E-state index in [0.717, 1.165) is 0 Å². The monoisotopic (exact) mass is 359 g/mol. The second-order valence-electron chi connectivity index (χ2n) is 6.90. The predicted molar refractivity (Wildman–Crippen MR) is 91.3 cm³/mol. The molecule has 0 aliphatic carbocycles. The highest BCUT2D eigenvalue weighted by Gasteiger charge is 2.38. The van der Waals surface area contributed by atoms with Gasteiger partial charge in [0.2, 0.25) is 10.0 Å². The normalized spacial score (nSPS) is 14.5. The first-order chi connectivity index (χ1) is 10.4. The van der Waals surface area contributed by atoms with Crippen LogP contribution in [0, 0.1) is 0 Å². The average Bonchev–Trinajstić information content (AvgIpc) is 2.43. The molecule has 0 spiro atoms. The minimum atomic E-state index is -3.90. The quantitative estimate of drug-likeness (QED) is 0.730. The van der Waals surface area contributed by atoms with Crippen LogP contribution in [-0.2, 0) is 19.2 Å². The van der Waals surface area contributed by atoms with Gasteiger partial charge in [0.15, 0.2) is 8.32 Å². The lowest BCUT2D eigenvalue weighted by Crippen LogP contribution is -2.49. The van der Waals surface area contributed by atoms with Crippen LogP contribution in [0.4, 0.5) is 0 Å². The van der Waals surface area contributed by atoms with Crippen LogP contribution < -0.4 is 4.72 Å². The molecule has 0 aliphatic heterocycles. The van der Waals surface area contributed by atoms with Gasteiger partial charge >= 0.3 is 5.97 Å². The van der Waals surface area contributed by atoms with E-state index in [2.05, 4.69) is 4.72 Å². The first-order valence-electron chi connectivity index (χ1n) is 7.31. The number of rotatable bonds is 7. The fourth-order valence-corrected chi connectivity index (χ4v) is 3.73. The van der Waals surface area contributed by atoms with Gasteiger partial charge < -0.3 is 9.53 Å². The molecule has 0 unspecified atom stereocenters. The van der Waals surface area contributed by atoms with Crippen molar-refractivity contribution in [1.29, 1.82) is 0 Å². The molecule has 1 aromatic rings. The summed E-state index contributed by atoms with van der Waals surface area (Å²) in [4.78, 5) is 11.4. The molecule has 130 valence electrons. The van der Waals surface area contributed by atoms with E-state index in [-0.39, 0.29) is 16.5 Å². The second kappa shape index (κ2) is 7.12. The molecule has 2 N–H and O–H groups in total. The summed E-state index contributed by atoms with van der Waals surface area (Å²) in [5, 5.41) is 9.20. The number of sulfonamides is 1. The molecule has 0 fully saturated rings. The average molecular weight is 360 g/mol. The van der Waals surface area contributed by atoms with Gasteiger partial charge in [-0.1, -0.05) is 39.0 Å². The van der Waals surface area contributed by atoms with Gasteiger partial charge in [-0.15, -0.1) is 0 Å². The van der Waals surface area contributed by atoms with E-state index < -0.39 is 30.4 Å². The van der Waals surface area contributed by atoms with Crippen LogP contribution in [0.15, 0.2) is 35.2 Å². The summed E-state index contributed by atoms with van der Waals surface area (Å²) in [7, 11) is -6.07. The Morgan fingerprint density at radius 1 is 1.26 bits per heavy atom. The zero-order valence-electron chi connectivity index (χ0n) is 14.2. The van der Waals surface area contributed by atoms with E-state index >= 15 is 0 Å². The fourth-order valence-electron chi connectivity index (χ4n) is 1.52. The summed E-state index contributed by atoms with van der Waals surface area (Å²) in [6, 6.07) is 6.35. The molecule has 1 atom stereocenters. The molecule has 1 rings (SSSR count). The first kappa shape index (κ1) is 19.8. The molecule has 1 aromatic carbocycles. The molecule has 0 aliphatic rings. The lowest BCUT2D eigenvalue weighted by atomic mass is 10.2. The van der Waals surface area contributed by atoms with Gasteiger partial charge in [0.1, 0.15) is 6.04 Å². The first-order valence-corrected chi connectivity index (χ1v) is 11.7. The maximum atomic E-state index is 12.2. The molecule has 0 bridgehead atoms. The van der Waals surface area contributed by atoms with Crippen molar-refractivity contribution < 1.29 is 22.7 Å². The van der Waals surface area contributed by atoms with Crippen molar-refractivity contribution in [2.24, 2.45) is 0 Å². The summed E-state index contributed by atoms with van der Waals surface area (Å²) in [6.45, 7) is 9.86. The highest BCUT2D eigenvalue weighted by atomic mass is 32.2. The van der Waals surface area contributed by atoms with E-state index in [9.17, 15) is 18.3 Å². The molecule has 0 amide bonds. The van der Waals surface area contributed by atoms with Crippen molar-refractivity contribution >= 4 is 24.3 Å². The zero-order valence-corrected chi connectivity index (χ0v) is 16.0. The van der Waals surface area contributed by atoms with Crippen molar-refractivity contribution in [3.05, 3.63) is 30.3 Å². The molecule has 23 heavy (non-hydrogen) atoms. The number of benzene rings is 1. The van der Waals surface area contributed by atoms with Gasteiger partial charge in [0, 0.05) is 0 Å². The second-order valence-corrected chi connectivity index (χ2v) is 13.4. The van der Waals surface area contributed by atoms with E-state index in [1.54, 1.807) is 18.2 Å². The van der Waals surface area contributed by atoms with Gasteiger partial charge in [-0.25, -0.2) is 8.42 Å². The van der Waals surface area contributed by atoms with Crippen molar-refractivity contribution in [3.63, 3.8) is 0 Å². The number of nitrogens with one attached hydrogen (secondary N) is 1. The summed E-state index contributed by atoms with van der Waals surface area (Å²) < 4.78 is 32.5. The SMILES string of the molecule is CC(C)(C)[Si](C)(C)OC[C@H](NS(=O)(=O)c1ccccc1)C(=O)O. The number of hydrogen-bond acceptors (Lipinski definition) is 4. The van der Waals surface area contributed by atoms with Crippen LogP contribution in [0.25, 0.3) is 0 Å². The minimum absolute atomic E-state index is 0.0265. The Balaban J connectivity index is 2.87. The Labute approximate surface area is 139 Å². The highest BCUT2D eigenvalue weighted by molar-refractivity contribution is 7.89. The largest absolute Gasteiger partial charge is 0.480 e. The standard InChI is InChI=1S/C15H25NO5SSi/c1-15(2,3)23(4,5)21-11-13(14(17)18)16-22(19,20)12-9-7-6-8-10-12/h6-10,13,16H,11H2,1-5H3,(H,17,18)/t13-/m0/s1. The maximum Gasteiger partial charge on any atom is 0.324 e. The van der Waals surface area contributed by atoms with Crippen molar-refractivity contribution in [3.8, 4) is 0 Å². The summed E-state index contributed by atoms with van der Waals surface area (Å²) in [6.07, 6.45) is 0. The van der Waals surface area contributed by atoms with Gasteiger partial charge in [-0.2, -0.15) is 4.72 Å². The fraction of sp³-hybridized carbons (Fsp3) is 0.533. The Morgan fingerprint density at radius 2 is 1.78 bits per heavy atom. The summed E-state index contributed by atoms with van der Waals surface area (Å²) in [5.41, 5.74) is 0. The van der Waals surface area contributed by atoms with Crippen molar-refractivity contribution in [2.75, 3.05) is 6.61 Å².